The zero-order valence-corrected chi connectivity index (χ0v) is 12.8. The van der Waals surface area contributed by atoms with Gasteiger partial charge in [-0.2, -0.15) is 13.2 Å². The van der Waals surface area contributed by atoms with Crippen molar-refractivity contribution < 1.29 is 27.4 Å². The summed E-state index contributed by atoms with van der Waals surface area (Å²) in [5.41, 5.74) is -0.991. The molecular formula is C16H15F3N2O3. The Bertz CT molecular complexity index is 670. The third kappa shape index (κ3) is 4.87. The molecule has 0 saturated carbocycles. The van der Waals surface area contributed by atoms with Gasteiger partial charge in [0.25, 0.3) is 5.91 Å². The summed E-state index contributed by atoms with van der Waals surface area (Å²) in [5.74, 6) is 0.793. The first kappa shape index (κ1) is 17.6. The quantitative estimate of drug-likeness (QED) is 0.822. The average Bonchev–Trinajstić information content (AvgIpc) is 2.58. The largest absolute Gasteiger partial charge is 0.497 e. The monoisotopic (exact) mass is 340 g/mol. The van der Waals surface area contributed by atoms with E-state index in [1.165, 1.54) is 0 Å². The zero-order valence-electron chi connectivity index (χ0n) is 12.8. The minimum absolute atomic E-state index is 0.0486. The van der Waals surface area contributed by atoms with E-state index in [2.05, 4.69) is 10.3 Å². The summed E-state index contributed by atoms with van der Waals surface area (Å²) in [5, 5.41) is 2.54. The number of amides is 1. The summed E-state index contributed by atoms with van der Waals surface area (Å²) in [6.07, 6.45) is -3.64. The van der Waals surface area contributed by atoms with Crippen molar-refractivity contribution in [3.05, 3.63) is 53.9 Å². The number of hydrogen-bond donors (Lipinski definition) is 1. The van der Waals surface area contributed by atoms with Crippen molar-refractivity contribution in [2.75, 3.05) is 20.3 Å². The van der Waals surface area contributed by atoms with Crippen LogP contribution in [0.2, 0.25) is 0 Å². The molecule has 0 unspecified atom stereocenters. The topological polar surface area (TPSA) is 60.5 Å². The van der Waals surface area contributed by atoms with Gasteiger partial charge in [-0.05, 0) is 36.4 Å². The third-order valence-corrected chi connectivity index (χ3v) is 3.03. The maximum absolute atomic E-state index is 12.4. The number of halogens is 3. The molecule has 0 atom stereocenters. The molecule has 1 N–H and O–H groups in total. The van der Waals surface area contributed by atoms with Gasteiger partial charge in [0.1, 0.15) is 23.8 Å². The van der Waals surface area contributed by atoms with Gasteiger partial charge < -0.3 is 14.8 Å². The van der Waals surface area contributed by atoms with E-state index in [0.717, 1.165) is 18.3 Å². The van der Waals surface area contributed by atoms with Gasteiger partial charge in [0.05, 0.1) is 19.2 Å². The minimum atomic E-state index is -4.53. The first-order valence-corrected chi connectivity index (χ1v) is 6.98. The SMILES string of the molecule is COc1ccc(OCCNC(=O)c2ccc(C(F)(F)F)nc2)cc1. The summed E-state index contributed by atoms with van der Waals surface area (Å²) >= 11 is 0. The Morgan fingerprint density at radius 1 is 1.12 bits per heavy atom. The number of carbonyl (C=O) groups is 1. The van der Waals surface area contributed by atoms with Crippen molar-refractivity contribution in [3.63, 3.8) is 0 Å². The number of rotatable bonds is 6. The van der Waals surface area contributed by atoms with Gasteiger partial charge in [-0.1, -0.05) is 0 Å². The van der Waals surface area contributed by atoms with Gasteiger partial charge in [0.15, 0.2) is 0 Å². The lowest BCUT2D eigenvalue weighted by Gasteiger charge is -2.09. The Morgan fingerprint density at radius 3 is 2.33 bits per heavy atom. The maximum Gasteiger partial charge on any atom is 0.433 e. The van der Waals surface area contributed by atoms with Crippen LogP contribution >= 0.6 is 0 Å². The molecule has 1 amide bonds. The predicted octanol–water partition coefficient (Wildman–Crippen LogP) is 2.92. The van der Waals surface area contributed by atoms with Crippen molar-refractivity contribution in [2.24, 2.45) is 0 Å². The summed E-state index contributed by atoms with van der Waals surface area (Å²) in [7, 11) is 1.56. The number of nitrogens with one attached hydrogen (secondary N) is 1. The van der Waals surface area contributed by atoms with Crippen LogP contribution < -0.4 is 14.8 Å². The Labute approximate surface area is 136 Å². The molecular weight excluding hydrogens is 325 g/mol. The van der Waals surface area contributed by atoms with Gasteiger partial charge >= 0.3 is 6.18 Å². The van der Waals surface area contributed by atoms with Gasteiger partial charge in [-0.25, -0.2) is 0 Å². The second kappa shape index (κ2) is 7.67. The Hall–Kier alpha value is -2.77. The molecule has 0 spiro atoms. The predicted molar refractivity (Wildman–Crippen MR) is 80.1 cm³/mol. The number of nitrogens with zero attached hydrogens (tertiary/aromatic N) is 1. The third-order valence-electron chi connectivity index (χ3n) is 3.03. The average molecular weight is 340 g/mol. The van der Waals surface area contributed by atoms with Crippen LogP contribution in [0, 0.1) is 0 Å². The molecule has 2 aromatic rings. The Balaban J connectivity index is 1.78. The summed E-state index contributed by atoms with van der Waals surface area (Å²) < 4.78 is 47.6. The van der Waals surface area contributed by atoms with E-state index < -0.39 is 17.8 Å². The van der Waals surface area contributed by atoms with Gasteiger partial charge in [0.2, 0.25) is 0 Å². The molecule has 5 nitrogen and oxygen atoms in total. The highest BCUT2D eigenvalue weighted by Crippen LogP contribution is 2.27. The number of hydrogen-bond acceptors (Lipinski definition) is 4. The Morgan fingerprint density at radius 2 is 1.79 bits per heavy atom. The lowest BCUT2D eigenvalue weighted by atomic mass is 10.2. The first-order valence-electron chi connectivity index (χ1n) is 6.98. The molecule has 128 valence electrons. The van der Waals surface area contributed by atoms with E-state index in [4.69, 9.17) is 9.47 Å². The van der Waals surface area contributed by atoms with E-state index in [1.54, 1.807) is 31.4 Å². The van der Waals surface area contributed by atoms with E-state index in [-0.39, 0.29) is 18.7 Å². The van der Waals surface area contributed by atoms with E-state index >= 15 is 0 Å². The molecule has 0 radical (unpaired) electrons. The van der Waals surface area contributed by atoms with Crippen molar-refractivity contribution in [2.45, 2.75) is 6.18 Å². The first-order chi connectivity index (χ1) is 11.4. The van der Waals surface area contributed by atoms with E-state index in [0.29, 0.717) is 11.5 Å². The van der Waals surface area contributed by atoms with Crippen LogP contribution in [-0.2, 0) is 6.18 Å². The van der Waals surface area contributed by atoms with Crippen LogP contribution in [0.5, 0.6) is 11.5 Å². The molecule has 0 aliphatic heterocycles. The fourth-order valence-corrected chi connectivity index (χ4v) is 1.80. The van der Waals surface area contributed by atoms with Gasteiger partial charge in [-0.3, -0.25) is 9.78 Å². The normalized spacial score (nSPS) is 11.0. The molecule has 0 saturated heterocycles. The molecule has 0 fully saturated rings. The Kier molecular flexibility index (Phi) is 5.62. The van der Waals surface area contributed by atoms with Gasteiger partial charge in [0, 0.05) is 6.20 Å². The molecule has 1 heterocycles. The standard InChI is InChI=1S/C16H15F3N2O3/c1-23-12-3-5-13(6-4-12)24-9-8-20-15(22)11-2-7-14(21-10-11)16(17,18)19/h2-7,10H,8-9H2,1H3,(H,20,22). The highest BCUT2D eigenvalue weighted by atomic mass is 19.4. The van der Waals surface area contributed by atoms with Crippen LogP contribution in [0.15, 0.2) is 42.6 Å². The van der Waals surface area contributed by atoms with E-state index in [9.17, 15) is 18.0 Å². The van der Waals surface area contributed by atoms with Crippen LogP contribution in [-0.4, -0.2) is 31.2 Å². The second-order valence-corrected chi connectivity index (χ2v) is 4.71. The molecule has 0 aliphatic carbocycles. The summed E-state index contributed by atoms with van der Waals surface area (Å²) in [4.78, 5) is 15.0. The number of benzene rings is 1. The fourth-order valence-electron chi connectivity index (χ4n) is 1.80. The van der Waals surface area contributed by atoms with Crippen molar-refractivity contribution in [3.8, 4) is 11.5 Å². The second-order valence-electron chi connectivity index (χ2n) is 4.71. The highest BCUT2D eigenvalue weighted by Gasteiger charge is 2.32. The highest BCUT2D eigenvalue weighted by molar-refractivity contribution is 5.93. The molecule has 0 aliphatic rings. The number of ether oxygens (including phenoxy) is 2. The number of methoxy groups -OCH3 is 1. The smallest absolute Gasteiger partial charge is 0.433 e. The maximum atomic E-state index is 12.4. The fraction of sp³-hybridized carbons (Fsp3) is 0.250. The number of carbonyl (C=O) groups excluding carboxylic acids is 1. The minimum Gasteiger partial charge on any atom is -0.497 e. The van der Waals surface area contributed by atoms with Crippen LogP contribution in [0.3, 0.4) is 0 Å². The zero-order chi connectivity index (χ0) is 17.6. The molecule has 2 rings (SSSR count). The van der Waals surface area contributed by atoms with Crippen molar-refractivity contribution in [1.82, 2.24) is 10.3 Å². The number of alkyl halides is 3. The number of aromatic nitrogens is 1. The summed E-state index contributed by atoms with van der Waals surface area (Å²) in [6.45, 7) is 0.415. The molecule has 0 bridgehead atoms. The molecule has 1 aromatic carbocycles. The number of pyridine rings is 1. The van der Waals surface area contributed by atoms with E-state index in [1.807, 2.05) is 0 Å². The van der Waals surface area contributed by atoms with Crippen LogP contribution in [0.25, 0.3) is 0 Å². The lowest BCUT2D eigenvalue weighted by Crippen LogP contribution is -2.28. The van der Waals surface area contributed by atoms with Crippen molar-refractivity contribution >= 4 is 5.91 Å². The summed E-state index contributed by atoms with van der Waals surface area (Å²) in [6, 6.07) is 8.77. The van der Waals surface area contributed by atoms with Crippen LogP contribution in [0.4, 0.5) is 13.2 Å². The van der Waals surface area contributed by atoms with Gasteiger partial charge in [-0.15, -0.1) is 0 Å². The molecule has 1 aromatic heterocycles. The molecule has 8 heteroatoms. The lowest BCUT2D eigenvalue weighted by molar-refractivity contribution is -0.141. The van der Waals surface area contributed by atoms with Crippen LogP contribution in [0.1, 0.15) is 16.1 Å². The molecule has 24 heavy (non-hydrogen) atoms. The van der Waals surface area contributed by atoms with Crippen molar-refractivity contribution in [1.29, 1.82) is 0 Å².